The quantitative estimate of drug-likeness (QED) is 0.935. The fourth-order valence-electron chi connectivity index (χ4n) is 2.42. The van der Waals surface area contributed by atoms with Crippen molar-refractivity contribution in [3.8, 4) is 17.7 Å². The van der Waals surface area contributed by atoms with Crippen molar-refractivity contribution in [2.24, 2.45) is 11.8 Å². The van der Waals surface area contributed by atoms with Gasteiger partial charge in [0.25, 0.3) is 0 Å². The number of rotatable bonds is 4. The summed E-state index contributed by atoms with van der Waals surface area (Å²) in [6, 6.07) is 10.8. The third kappa shape index (κ3) is 3.32. The standard InChI is InChI=1S/C18H17N3O2/c1-11-9-15(11)17(22)21-16-6-5-14(8-12(16)2)23-18-13(10-19)4-3-7-20-18/h3-8,11,15H,9H2,1-2H3,(H,21,22)/t11-,15-/m0/s1. The van der Waals surface area contributed by atoms with Crippen LogP contribution in [0.3, 0.4) is 0 Å². The maximum absolute atomic E-state index is 12.0. The van der Waals surface area contributed by atoms with Gasteiger partial charge in [-0.1, -0.05) is 6.92 Å². The summed E-state index contributed by atoms with van der Waals surface area (Å²) in [5.41, 5.74) is 2.06. The summed E-state index contributed by atoms with van der Waals surface area (Å²) in [5.74, 6) is 1.54. The fraction of sp³-hybridized carbons (Fsp3) is 0.278. The number of aryl methyl sites for hydroxylation is 1. The molecule has 23 heavy (non-hydrogen) atoms. The molecule has 5 nitrogen and oxygen atoms in total. The molecule has 0 aliphatic heterocycles. The van der Waals surface area contributed by atoms with Gasteiger partial charge in [-0.15, -0.1) is 0 Å². The number of pyridine rings is 1. The molecule has 0 unspecified atom stereocenters. The lowest BCUT2D eigenvalue weighted by Gasteiger charge is -2.11. The number of anilines is 1. The molecule has 116 valence electrons. The van der Waals surface area contributed by atoms with Crippen molar-refractivity contribution in [3.05, 3.63) is 47.7 Å². The highest BCUT2D eigenvalue weighted by Crippen LogP contribution is 2.38. The van der Waals surface area contributed by atoms with Gasteiger partial charge in [0.05, 0.1) is 0 Å². The van der Waals surface area contributed by atoms with Crippen molar-refractivity contribution in [2.45, 2.75) is 20.3 Å². The lowest BCUT2D eigenvalue weighted by molar-refractivity contribution is -0.117. The van der Waals surface area contributed by atoms with E-state index in [-0.39, 0.29) is 17.7 Å². The van der Waals surface area contributed by atoms with Crippen LogP contribution >= 0.6 is 0 Å². The molecule has 1 aliphatic carbocycles. The highest BCUT2D eigenvalue weighted by molar-refractivity contribution is 5.95. The number of amides is 1. The Labute approximate surface area is 134 Å². The van der Waals surface area contributed by atoms with Crippen LogP contribution in [0.5, 0.6) is 11.6 Å². The number of ether oxygens (including phenoxy) is 1. The van der Waals surface area contributed by atoms with E-state index in [0.717, 1.165) is 17.7 Å². The van der Waals surface area contributed by atoms with E-state index in [2.05, 4.69) is 17.2 Å². The van der Waals surface area contributed by atoms with Crippen LogP contribution in [0.25, 0.3) is 0 Å². The molecular weight excluding hydrogens is 290 g/mol. The number of carbonyl (C=O) groups is 1. The minimum Gasteiger partial charge on any atom is -0.438 e. The van der Waals surface area contributed by atoms with Gasteiger partial charge in [-0.3, -0.25) is 4.79 Å². The van der Waals surface area contributed by atoms with Gasteiger partial charge in [-0.2, -0.15) is 5.26 Å². The van der Waals surface area contributed by atoms with Gasteiger partial charge >= 0.3 is 0 Å². The van der Waals surface area contributed by atoms with Crippen molar-refractivity contribution >= 4 is 11.6 Å². The van der Waals surface area contributed by atoms with Crippen LogP contribution in [0, 0.1) is 30.1 Å². The number of nitrogens with one attached hydrogen (secondary N) is 1. The molecule has 5 heteroatoms. The van der Waals surface area contributed by atoms with Crippen LogP contribution in [0.1, 0.15) is 24.5 Å². The highest BCUT2D eigenvalue weighted by Gasteiger charge is 2.39. The number of hydrogen-bond donors (Lipinski definition) is 1. The molecule has 1 N–H and O–H groups in total. The SMILES string of the molecule is Cc1cc(Oc2ncccc2C#N)ccc1NC(=O)[C@H]1C[C@@H]1C. The molecule has 1 saturated carbocycles. The number of nitriles is 1. The fourth-order valence-corrected chi connectivity index (χ4v) is 2.42. The van der Waals surface area contributed by atoms with Crippen LogP contribution < -0.4 is 10.1 Å². The molecule has 1 aromatic carbocycles. The summed E-state index contributed by atoms with van der Waals surface area (Å²) in [6.07, 6.45) is 2.54. The number of hydrogen-bond acceptors (Lipinski definition) is 4. The number of carbonyl (C=O) groups excluding carboxylic acids is 1. The summed E-state index contributed by atoms with van der Waals surface area (Å²) in [7, 11) is 0. The summed E-state index contributed by atoms with van der Waals surface area (Å²) in [6.45, 7) is 3.98. The van der Waals surface area contributed by atoms with Gasteiger partial charge in [-0.25, -0.2) is 4.98 Å². The first-order valence-electron chi connectivity index (χ1n) is 7.53. The summed E-state index contributed by atoms with van der Waals surface area (Å²) < 4.78 is 5.67. The van der Waals surface area contributed by atoms with Crippen LogP contribution in [0.15, 0.2) is 36.5 Å². The lowest BCUT2D eigenvalue weighted by Crippen LogP contribution is -2.15. The molecule has 1 aliphatic rings. The van der Waals surface area contributed by atoms with Crippen molar-refractivity contribution in [3.63, 3.8) is 0 Å². The molecule has 2 aromatic rings. The molecule has 0 spiro atoms. The van der Waals surface area contributed by atoms with Crippen molar-refractivity contribution < 1.29 is 9.53 Å². The molecular formula is C18H17N3O2. The van der Waals surface area contributed by atoms with Crippen molar-refractivity contribution in [1.29, 1.82) is 5.26 Å². The topological polar surface area (TPSA) is 75.0 Å². The molecule has 1 heterocycles. The van der Waals surface area contributed by atoms with E-state index in [1.807, 2.05) is 25.1 Å². The van der Waals surface area contributed by atoms with E-state index in [1.165, 1.54) is 0 Å². The largest absolute Gasteiger partial charge is 0.438 e. The first-order chi connectivity index (χ1) is 11.1. The zero-order chi connectivity index (χ0) is 16.4. The Hall–Kier alpha value is -2.87. The number of benzene rings is 1. The van der Waals surface area contributed by atoms with Gasteiger partial charge in [0.1, 0.15) is 17.4 Å². The Bertz CT molecular complexity index is 795. The second kappa shape index (κ2) is 6.09. The van der Waals surface area contributed by atoms with E-state index in [1.54, 1.807) is 24.4 Å². The molecule has 0 saturated heterocycles. The summed E-state index contributed by atoms with van der Waals surface area (Å²) >= 11 is 0. The maximum Gasteiger partial charge on any atom is 0.237 e. The van der Waals surface area contributed by atoms with Crippen LogP contribution in [0.2, 0.25) is 0 Å². The molecule has 2 atom stereocenters. The predicted molar refractivity (Wildman–Crippen MR) is 86.1 cm³/mol. The first kappa shape index (κ1) is 15.0. The minimum atomic E-state index is 0.0748. The number of aromatic nitrogens is 1. The molecule has 3 rings (SSSR count). The second-order valence-electron chi connectivity index (χ2n) is 5.86. The smallest absolute Gasteiger partial charge is 0.237 e. The van der Waals surface area contributed by atoms with Gasteiger partial charge < -0.3 is 10.1 Å². The zero-order valence-corrected chi connectivity index (χ0v) is 13.0. The molecule has 1 aromatic heterocycles. The Kier molecular flexibility index (Phi) is 3.98. The van der Waals surface area contributed by atoms with E-state index >= 15 is 0 Å². The van der Waals surface area contributed by atoms with Gasteiger partial charge in [-0.05, 0) is 55.2 Å². The normalized spacial score (nSPS) is 18.8. The predicted octanol–water partition coefficient (Wildman–Crippen LogP) is 3.65. The number of nitrogens with zero attached hydrogens (tertiary/aromatic N) is 2. The highest BCUT2D eigenvalue weighted by atomic mass is 16.5. The summed E-state index contributed by atoms with van der Waals surface area (Å²) in [5, 5.41) is 12.0. The monoisotopic (exact) mass is 307 g/mol. The third-order valence-electron chi connectivity index (χ3n) is 4.01. The van der Waals surface area contributed by atoms with Gasteiger partial charge in [0.2, 0.25) is 11.8 Å². The Balaban J connectivity index is 1.74. The Morgan fingerprint density at radius 1 is 1.43 bits per heavy atom. The minimum absolute atomic E-state index is 0.0748. The Morgan fingerprint density at radius 3 is 2.87 bits per heavy atom. The van der Waals surface area contributed by atoms with Crippen molar-refractivity contribution in [1.82, 2.24) is 4.98 Å². The van der Waals surface area contributed by atoms with Gasteiger partial charge in [0, 0.05) is 17.8 Å². The Morgan fingerprint density at radius 2 is 2.22 bits per heavy atom. The van der Waals surface area contributed by atoms with Crippen molar-refractivity contribution in [2.75, 3.05) is 5.32 Å². The average molecular weight is 307 g/mol. The molecule has 0 radical (unpaired) electrons. The zero-order valence-electron chi connectivity index (χ0n) is 13.0. The summed E-state index contributed by atoms with van der Waals surface area (Å²) in [4.78, 5) is 16.1. The second-order valence-corrected chi connectivity index (χ2v) is 5.86. The van der Waals surface area contributed by atoms with Crippen LogP contribution in [-0.4, -0.2) is 10.9 Å². The molecule has 1 amide bonds. The van der Waals surface area contributed by atoms with E-state index in [9.17, 15) is 4.79 Å². The average Bonchev–Trinajstić information content (AvgIpc) is 3.27. The first-order valence-corrected chi connectivity index (χ1v) is 7.53. The van der Waals surface area contributed by atoms with E-state index in [4.69, 9.17) is 10.00 Å². The van der Waals surface area contributed by atoms with E-state index in [0.29, 0.717) is 17.2 Å². The van der Waals surface area contributed by atoms with E-state index < -0.39 is 0 Å². The van der Waals surface area contributed by atoms with Gasteiger partial charge in [0.15, 0.2) is 0 Å². The molecule has 1 fully saturated rings. The third-order valence-corrected chi connectivity index (χ3v) is 4.01. The lowest BCUT2D eigenvalue weighted by atomic mass is 10.2. The van der Waals surface area contributed by atoms with Crippen LogP contribution in [-0.2, 0) is 4.79 Å². The maximum atomic E-state index is 12.0. The van der Waals surface area contributed by atoms with Crippen LogP contribution in [0.4, 0.5) is 5.69 Å². The molecule has 0 bridgehead atoms.